The van der Waals surface area contributed by atoms with Gasteiger partial charge in [0.05, 0.1) is 37.5 Å². The maximum absolute atomic E-state index is 13.0. The van der Waals surface area contributed by atoms with E-state index in [0.717, 1.165) is 37.7 Å². The maximum Gasteiger partial charge on any atom is 0.334 e. The fraction of sp³-hybridized carbons (Fsp3) is 0.806. The minimum Gasteiger partial charge on any atom is -0.478 e. The number of hydrogen-bond acceptors (Lipinski definition) is 8. The number of carboxylic acids is 1. The molecule has 236 valence electrons. The van der Waals surface area contributed by atoms with Gasteiger partial charge in [0.1, 0.15) is 5.60 Å². The van der Waals surface area contributed by atoms with E-state index in [-0.39, 0.29) is 42.6 Å². The van der Waals surface area contributed by atoms with Crippen LogP contribution in [0.3, 0.4) is 0 Å². The molecule has 42 heavy (non-hydrogen) atoms. The topological polar surface area (TPSA) is 173 Å². The van der Waals surface area contributed by atoms with Crippen molar-refractivity contribution in [2.75, 3.05) is 53.0 Å². The normalized spacial score (nSPS) is 39.8. The number of allylic oxidation sites excluding steroid dienone is 1. The number of aliphatic imine (C=N–C) groups is 1. The molecule has 4 aliphatic carbocycles. The highest BCUT2D eigenvalue weighted by atomic mass is 16.5. The van der Waals surface area contributed by atoms with Crippen LogP contribution in [-0.4, -0.2) is 108 Å². The summed E-state index contributed by atoms with van der Waals surface area (Å²) in [6.45, 7) is 5.11. The molecule has 8 unspecified atom stereocenters. The Hall–Kier alpha value is -2.02. The number of rotatable bonds is 11. The van der Waals surface area contributed by atoms with Crippen LogP contribution in [0.4, 0.5) is 0 Å². The molecule has 2 spiro atoms. The summed E-state index contributed by atoms with van der Waals surface area (Å²) in [4.78, 5) is 19.6. The summed E-state index contributed by atoms with van der Waals surface area (Å²) in [5, 5.41) is 49.2. The van der Waals surface area contributed by atoms with E-state index in [1.54, 1.807) is 0 Å². The van der Waals surface area contributed by atoms with Crippen LogP contribution in [0.25, 0.3) is 0 Å². The molecule has 11 nitrogen and oxygen atoms in total. The van der Waals surface area contributed by atoms with Crippen LogP contribution in [0.15, 0.2) is 28.4 Å². The van der Waals surface area contributed by atoms with Gasteiger partial charge < -0.3 is 46.4 Å². The zero-order valence-corrected chi connectivity index (χ0v) is 25.2. The van der Waals surface area contributed by atoms with Crippen molar-refractivity contribution in [3.8, 4) is 0 Å². The van der Waals surface area contributed by atoms with Crippen molar-refractivity contribution in [2.24, 2.45) is 39.3 Å². The second kappa shape index (κ2) is 12.5. The number of guanidine groups is 1. The smallest absolute Gasteiger partial charge is 0.334 e. The van der Waals surface area contributed by atoms with Gasteiger partial charge in [0, 0.05) is 43.2 Å². The van der Waals surface area contributed by atoms with Crippen molar-refractivity contribution in [1.29, 1.82) is 0 Å². The molecule has 5 aliphatic rings. The number of ether oxygens (including phenoxy) is 1. The molecule has 0 amide bonds. The van der Waals surface area contributed by atoms with Crippen LogP contribution < -0.4 is 16.4 Å². The molecule has 0 aromatic rings. The molecule has 0 aromatic carbocycles. The Bertz CT molecular complexity index is 1100. The zero-order chi connectivity index (χ0) is 30.1. The van der Waals surface area contributed by atoms with E-state index in [0.29, 0.717) is 57.9 Å². The molecule has 11 heteroatoms. The lowest BCUT2D eigenvalue weighted by atomic mass is 9.46. The first-order valence-electron chi connectivity index (χ1n) is 15.8. The number of aliphatic hydroxyl groups is 3. The first kappa shape index (κ1) is 31.4. The third-order valence-electron chi connectivity index (χ3n) is 11.2. The number of likely N-dealkylation sites (N-methyl/N-ethyl adjacent to an activating group) is 1. The van der Waals surface area contributed by atoms with E-state index < -0.39 is 28.5 Å². The lowest BCUT2D eigenvalue weighted by molar-refractivity contribution is -0.144. The van der Waals surface area contributed by atoms with Crippen LogP contribution in [0, 0.1) is 28.6 Å². The first-order valence-corrected chi connectivity index (χ1v) is 15.8. The average Bonchev–Trinajstić information content (AvgIpc) is 3.30. The van der Waals surface area contributed by atoms with Crippen LogP contribution in [0.5, 0.6) is 0 Å². The molecule has 2 bridgehead atoms. The van der Waals surface area contributed by atoms with Crippen molar-refractivity contribution in [1.82, 2.24) is 15.5 Å². The van der Waals surface area contributed by atoms with E-state index in [9.17, 15) is 25.2 Å². The monoisotopic (exact) mass is 589 g/mol. The molecular formula is C31H51N5O6. The highest BCUT2D eigenvalue weighted by molar-refractivity contribution is 5.92. The summed E-state index contributed by atoms with van der Waals surface area (Å²) >= 11 is 0. The van der Waals surface area contributed by atoms with Crippen molar-refractivity contribution in [2.45, 2.75) is 76.1 Å². The van der Waals surface area contributed by atoms with Crippen LogP contribution >= 0.6 is 0 Å². The summed E-state index contributed by atoms with van der Waals surface area (Å²) in [7, 11) is 1.88. The molecule has 1 heterocycles. The number of nitrogens with one attached hydrogen (secondary N) is 2. The van der Waals surface area contributed by atoms with Gasteiger partial charge in [0.25, 0.3) is 0 Å². The molecule has 5 rings (SSSR count). The lowest BCUT2D eigenvalue weighted by Crippen LogP contribution is -2.62. The van der Waals surface area contributed by atoms with E-state index in [1.807, 2.05) is 18.1 Å². The van der Waals surface area contributed by atoms with E-state index in [2.05, 4.69) is 28.6 Å². The highest BCUT2D eigenvalue weighted by Crippen LogP contribution is 2.77. The number of nitrogens with two attached hydrogens (primary N) is 1. The van der Waals surface area contributed by atoms with Crippen LogP contribution in [-0.2, 0) is 9.53 Å². The minimum atomic E-state index is -1.63. The van der Waals surface area contributed by atoms with Crippen LogP contribution in [0.2, 0.25) is 0 Å². The summed E-state index contributed by atoms with van der Waals surface area (Å²) < 4.78 is 6.23. The summed E-state index contributed by atoms with van der Waals surface area (Å²) in [6.07, 6.45) is 9.32. The Morgan fingerprint density at radius 2 is 2.07 bits per heavy atom. The summed E-state index contributed by atoms with van der Waals surface area (Å²) in [6, 6.07) is 0. The van der Waals surface area contributed by atoms with E-state index >= 15 is 0 Å². The lowest BCUT2D eigenvalue weighted by Gasteiger charge is -2.61. The predicted octanol–water partition coefficient (Wildman–Crippen LogP) is 0.807. The highest BCUT2D eigenvalue weighted by Gasteiger charge is 2.75. The van der Waals surface area contributed by atoms with Crippen molar-refractivity contribution >= 4 is 11.9 Å². The fourth-order valence-corrected chi connectivity index (χ4v) is 9.50. The molecule has 3 saturated carbocycles. The molecule has 1 aliphatic heterocycles. The molecule has 3 fully saturated rings. The number of nitrogens with zero attached hydrogens (tertiary/aromatic N) is 2. The second-order valence-electron chi connectivity index (χ2n) is 13.4. The maximum atomic E-state index is 13.0. The second-order valence-corrected chi connectivity index (χ2v) is 13.4. The Morgan fingerprint density at radius 3 is 2.79 bits per heavy atom. The van der Waals surface area contributed by atoms with Crippen molar-refractivity contribution in [3.05, 3.63) is 23.4 Å². The van der Waals surface area contributed by atoms with Gasteiger partial charge in [-0.05, 0) is 81.7 Å². The van der Waals surface area contributed by atoms with Crippen molar-refractivity contribution in [3.63, 3.8) is 0 Å². The Balaban J connectivity index is 1.56. The van der Waals surface area contributed by atoms with Gasteiger partial charge >= 0.3 is 5.97 Å². The van der Waals surface area contributed by atoms with Gasteiger partial charge in [-0.15, -0.1) is 0 Å². The number of aliphatic carboxylic acids is 1. The van der Waals surface area contributed by atoms with E-state index in [4.69, 9.17) is 10.5 Å². The number of aliphatic hydroxyl groups excluding tert-OH is 2. The minimum absolute atomic E-state index is 0.0346. The van der Waals surface area contributed by atoms with Gasteiger partial charge in [0.2, 0.25) is 0 Å². The average molecular weight is 590 g/mol. The fourth-order valence-electron chi connectivity index (χ4n) is 9.50. The first-order chi connectivity index (χ1) is 20.1. The van der Waals surface area contributed by atoms with Gasteiger partial charge in [-0.3, -0.25) is 4.99 Å². The molecule has 8 N–H and O–H groups in total. The van der Waals surface area contributed by atoms with Gasteiger partial charge in [-0.25, -0.2) is 4.79 Å². The van der Waals surface area contributed by atoms with Gasteiger partial charge in [-0.2, -0.15) is 0 Å². The standard InChI is InChI=1S/C31H51N5O6/c1-20-6-7-21-14-25-26(27(39)40)29(41,19-42-24-5-3-4-23(38)15-24)17-30(20,25)31(21)18-36(28(32)35-10-9-33-2)12-8-22(31)16-34-11-13-37/h8,12,20-24,33-34,37-38,41H,3-7,9-11,13-19H2,1-2H3,(H2,32,35)(H,39,40). The van der Waals surface area contributed by atoms with Crippen molar-refractivity contribution < 1.29 is 30.0 Å². The molecular weight excluding hydrogens is 538 g/mol. The number of carbonyl (C=O) groups is 1. The number of carboxylic acid groups (broad SMARTS) is 1. The Kier molecular flexibility index (Phi) is 9.37. The quantitative estimate of drug-likeness (QED) is 0.104. The summed E-state index contributed by atoms with van der Waals surface area (Å²) in [5.74, 6) is -0.230. The van der Waals surface area contributed by atoms with Gasteiger partial charge in [-0.1, -0.05) is 13.0 Å². The van der Waals surface area contributed by atoms with Crippen LogP contribution in [0.1, 0.15) is 58.3 Å². The third-order valence-corrected chi connectivity index (χ3v) is 11.2. The molecule has 8 atom stereocenters. The largest absolute Gasteiger partial charge is 0.478 e. The summed E-state index contributed by atoms with van der Waals surface area (Å²) in [5.41, 5.74) is 4.96. The zero-order valence-electron chi connectivity index (χ0n) is 25.2. The molecule has 0 radical (unpaired) electrons. The Morgan fingerprint density at radius 1 is 1.26 bits per heavy atom. The molecule has 0 aromatic heterocycles. The SMILES string of the molecule is CNCCN=C(N)N1C=CC(CNCCO)C2(C1)C1CCC(C)C23CC(O)(COC2CCCC(O)C2)C(C(=O)O)=C3C1. The van der Waals surface area contributed by atoms with E-state index in [1.165, 1.54) is 0 Å². The number of hydrogen-bond donors (Lipinski definition) is 7. The molecule has 0 saturated heterocycles. The van der Waals surface area contributed by atoms with Gasteiger partial charge in [0.15, 0.2) is 5.96 Å². The third kappa shape index (κ3) is 5.20. The Labute approximate surface area is 249 Å². The predicted molar refractivity (Wildman–Crippen MR) is 160 cm³/mol.